The first kappa shape index (κ1) is 24.1. The molecule has 178 valence electrons. The van der Waals surface area contributed by atoms with Crippen LogP contribution in [0.2, 0.25) is 5.02 Å². The summed E-state index contributed by atoms with van der Waals surface area (Å²) in [5.74, 6) is -3.36. The average Bonchev–Trinajstić information content (AvgIpc) is 2.81. The first-order valence-electron chi connectivity index (χ1n) is 11.1. The van der Waals surface area contributed by atoms with Crippen LogP contribution in [-0.4, -0.2) is 26.8 Å². The molecule has 2 heterocycles. The highest BCUT2D eigenvalue weighted by atomic mass is 35.5. The number of benzene rings is 1. The second kappa shape index (κ2) is 9.70. The Balaban J connectivity index is 1.76. The first-order valence-corrected chi connectivity index (χ1v) is 11.5. The van der Waals surface area contributed by atoms with Crippen LogP contribution in [0.4, 0.5) is 18.9 Å². The largest absolute Gasteiger partial charge is 0.320 e. The van der Waals surface area contributed by atoms with E-state index in [2.05, 4.69) is 20.3 Å². The predicted octanol–water partition coefficient (Wildman–Crippen LogP) is 7.00. The first-order chi connectivity index (χ1) is 16.1. The maximum Gasteiger partial charge on any atom is 0.258 e. The maximum atomic E-state index is 14.8. The minimum absolute atomic E-state index is 0.101. The van der Waals surface area contributed by atoms with Crippen molar-refractivity contribution >= 4 is 23.2 Å². The summed E-state index contributed by atoms with van der Waals surface area (Å²) in [7, 11) is 0. The van der Waals surface area contributed by atoms with Crippen molar-refractivity contribution in [2.24, 2.45) is 0 Å². The molecule has 1 amide bonds. The molecule has 3 aromatic rings. The molecule has 1 aromatic carbocycles. The number of carbonyl (C=O) groups excluding carboxylic acids is 1. The molecule has 1 aliphatic carbocycles. The number of nitrogens with one attached hydrogen (secondary N) is 1. The topological polar surface area (TPSA) is 67.8 Å². The van der Waals surface area contributed by atoms with Gasteiger partial charge in [-0.15, -0.1) is 0 Å². The van der Waals surface area contributed by atoms with Crippen molar-refractivity contribution < 1.29 is 18.0 Å². The second-order valence-electron chi connectivity index (χ2n) is 8.81. The molecule has 9 heteroatoms. The van der Waals surface area contributed by atoms with Gasteiger partial charge in [-0.05, 0) is 37.1 Å². The molecule has 0 aliphatic heterocycles. The summed E-state index contributed by atoms with van der Waals surface area (Å²) in [6.07, 6.45) is 4.21. The lowest BCUT2D eigenvalue weighted by Crippen LogP contribution is -2.25. The summed E-state index contributed by atoms with van der Waals surface area (Å²) >= 11 is 6.11. The number of alkyl halides is 2. The fourth-order valence-electron chi connectivity index (χ4n) is 4.10. The van der Waals surface area contributed by atoms with Crippen molar-refractivity contribution in [3.05, 3.63) is 70.8 Å². The molecule has 0 unspecified atom stereocenters. The summed E-state index contributed by atoms with van der Waals surface area (Å²) in [4.78, 5) is 26.0. The van der Waals surface area contributed by atoms with Crippen LogP contribution in [0.25, 0.3) is 11.1 Å². The normalized spacial score (nSPS) is 16.0. The molecule has 2 aromatic heterocycles. The monoisotopic (exact) mass is 488 g/mol. The van der Waals surface area contributed by atoms with E-state index in [1.807, 2.05) is 13.8 Å². The molecule has 0 spiro atoms. The zero-order valence-corrected chi connectivity index (χ0v) is 19.5. The van der Waals surface area contributed by atoms with Gasteiger partial charge in [-0.3, -0.25) is 9.78 Å². The van der Waals surface area contributed by atoms with E-state index in [4.69, 9.17) is 11.6 Å². The molecule has 5 nitrogen and oxygen atoms in total. The molecule has 34 heavy (non-hydrogen) atoms. The number of pyridine rings is 1. The Morgan fingerprint density at radius 1 is 1.09 bits per heavy atom. The van der Waals surface area contributed by atoms with Gasteiger partial charge in [-0.2, -0.15) is 0 Å². The van der Waals surface area contributed by atoms with Crippen LogP contribution in [0, 0.1) is 5.82 Å². The zero-order valence-electron chi connectivity index (χ0n) is 18.8. The molecule has 0 saturated heterocycles. The molecule has 0 atom stereocenters. The van der Waals surface area contributed by atoms with Crippen LogP contribution in [0.5, 0.6) is 0 Å². The van der Waals surface area contributed by atoms with E-state index < -0.39 is 17.6 Å². The molecule has 1 fully saturated rings. The predicted molar refractivity (Wildman–Crippen MR) is 125 cm³/mol. The van der Waals surface area contributed by atoms with Gasteiger partial charge in [0.05, 0.1) is 16.9 Å². The number of aromatic nitrogens is 3. The van der Waals surface area contributed by atoms with Gasteiger partial charge in [-0.25, -0.2) is 23.1 Å². The van der Waals surface area contributed by atoms with Crippen molar-refractivity contribution in [3.63, 3.8) is 0 Å². The number of rotatable bonds is 5. The summed E-state index contributed by atoms with van der Waals surface area (Å²) in [6.45, 7) is 3.88. The lowest BCUT2D eigenvalue weighted by atomic mass is 9.83. The SMILES string of the molecule is CC(C)c1ncc(C(=O)Nc2c(-c3cc(Cl)ccc3F)ccnc2C2CCC(F)(F)CC2)cn1. The number of hydrogen-bond donors (Lipinski definition) is 1. The number of amides is 1. The van der Waals surface area contributed by atoms with Gasteiger partial charge < -0.3 is 5.32 Å². The lowest BCUT2D eigenvalue weighted by molar-refractivity contribution is -0.0384. The molecule has 1 aliphatic rings. The van der Waals surface area contributed by atoms with E-state index in [1.165, 1.54) is 36.8 Å². The van der Waals surface area contributed by atoms with Gasteiger partial charge >= 0.3 is 0 Å². The van der Waals surface area contributed by atoms with Crippen LogP contribution in [-0.2, 0) is 0 Å². The fraction of sp³-hybridized carbons (Fsp3) is 0.360. The van der Waals surface area contributed by atoms with Crippen LogP contribution < -0.4 is 5.32 Å². The Morgan fingerprint density at radius 3 is 2.41 bits per heavy atom. The van der Waals surface area contributed by atoms with Crippen molar-refractivity contribution in [1.82, 2.24) is 15.0 Å². The van der Waals surface area contributed by atoms with Crippen molar-refractivity contribution in [2.75, 3.05) is 5.32 Å². The number of anilines is 1. The van der Waals surface area contributed by atoms with Gasteiger partial charge in [0, 0.05) is 59.4 Å². The quantitative estimate of drug-likeness (QED) is 0.420. The molecule has 0 bridgehead atoms. The van der Waals surface area contributed by atoms with Crippen LogP contribution in [0.15, 0.2) is 42.9 Å². The molecule has 1 saturated carbocycles. The lowest BCUT2D eigenvalue weighted by Gasteiger charge is -2.29. The van der Waals surface area contributed by atoms with Crippen LogP contribution in [0.1, 0.15) is 73.2 Å². The van der Waals surface area contributed by atoms with Crippen molar-refractivity contribution in [3.8, 4) is 11.1 Å². The van der Waals surface area contributed by atoms with Gasteiger partial charge in [0.25, 0.3) is 5.91 Å². The highest BCUT2D eigenvalue weighted by Crippen LogP contribution is 2.44. The number of carbonyl (C=O) groups is 1. The van der Waals surface area contributed by atoms with E-state index in [-0.39, 0.29) is 54.3 Å². The van der Waals surface area contributed by atoms with Crippen molar-refractivity contribution in [1.29, 1.82) is 0 Å². The third-order valence-electron chi connectivity index (χ3n) is 5.99. The minimum atomic E-state index is -2.72. The average molecular weight is 489 g/mol. The molecular formula is C25H24ClF3N4O. The third kappa shape index (κ3) is 5.22. The van der Waals surface area contributed by atoms with E-state index >= 15 is 0 Å². The number of hydrogen-bond acceptors (Lipinski definition) is 4. The summed E-state index contributed by atoms with van der Waals surface area (Å²) in [5.41, 5.74) is 1.48. The molecule has 0 radical (unpaired) electrons. The Hall–Kier alpha value is -3.00. The third-order valence-corrected chi connectivity index (χ3v) is 6.23. The molecule has 1 N–H and O–H groups in total. The summed E-state index contributed by atoms with van der Waals surface area (Å²) in [6, 6.07) is 5.70. The minimum Gasteiger partial charge on any atom is -0.320 e. The highest BCUT2D eigenvalue weighted by molar-refractivity contribution is 6.30. The molecule has 4 rings (SSSR count). The van der Waals surface area contributed by atoms with E-state index in [9.17, 15) is 18.0 Å². The zero-order chi connectivity index (χ0) is 24.5. The van der Waals surface area contributed by atoms with Gasteiger partial charge in [-0.1, -0.05) is 25.4 Å². The van der Waals surface area contributed by atoms with Crippen molar-refractivity contribution in [2.45, 2.75) is 57.3 Å². The van der Waals surface area contributed by atoms with E-state index in [0.717, 1.165) is 0 Å². The Morgan fingerprint density at radius 2 is 1.76 bits per heavy atom. The second-order valence-corrected chi connectivity index (χ2v) is 9.25. The molecular weight excluding hydrogens is 465 g/mol. The fourth-order valence-corrected chi connectivity index (χ4v) is 4.27. The smallest absolute Gasteiger partial charge is 0.258 e. The van der Waals surface area contributed by atoms with Crippen LogP contribution in [0.3, 0.4) is 0 Å². The van der Waals surface area contributed by atoms with Crippen LogP contribution >= 0.6 is 11.6 Å². The van der Waals surface area contributed by atoms with Gasteiger partial charge in [0.2, 0.25) is 5.92 Å². The standard InChI is InChI=1S/C25H24ClF3N4O/c1-14(2)23-31-12-16(13-32-23)24(34)33-22-18(19-11-17(26)3-4-20(19)27)7-10-30-21(22)15-5-8-25(28,29)9-6-15/h3-4,7,10-15H,5-6,8-9H2,1-2H3,(H,33,34). The summed E-state index contributed by atoms with van der Waals surface area (Å²) < 4.78 is 42.4. The highest BCUT2D eigenvalue weighted by Gasteiger charge is 2.37. The van der Waals surface area contributed by atoms with E-state index in [1.54, 1.807) is 6.07 Å². The maximum absolute atomic E-state index is 14.8. The Kier molecular flexibility index (Phi) is 6.89. The Bertz CT molecular complexity index is 1190. The van der Waals surface area contributed by atoms with Gasteiger partial charge in [0.1, 0.15) is 11.6 Å². The van der Waals surface area contributed by atoms with E-state index in [0.29, 0.717) is 22.1 Å². The summed E-state index contributed by atoms with van der Waals surface area (Å²) in [5, 5.41) is 3.15. The Labute approximate surface area is 200 Å². The number of nitrogens with zero attached hydrogens (tertiary/aromatic N) is 3. The number of halogens is 4. The van der Waals surface area contributed by atoms with Gasteiger partial charge in [0.15, 0.2) is 0 Å².